The van der Waals surface area contributed by atoms with E-state index in [1.54, 1.807) is 19.1 Å². The molecule has 0 fully saturated rings. The number of ether oxygens (including phenoxy) is 3. The minimum absolute atomic E-state index is 0.0993. The second-order valence-corrected chi connectivity index (χ2v) is 2.97. The van der Waals surface area contributed by atoms with E-state index in [-0.39, 0.29) is 12.6 Å². The average Bonchev–Trinajstić information content (AvgIpc) is 2.29. The fourth-order valence-corrected chi connectivity index (χ4v) is 1.18. The van der Waals surface area contributed by atoms with Crippen LogP contribution >= 0.6 is 0 Å². The lowest BCUT2D eigenvalue weighted by Crippen LogP contribution is -2.14. The van der Waals surface area contributed by atoms with Gasteiger partial charge in [-0.3, -0.25) is 0 Å². The lowest BCUT2D eigenvalue weighted by Gasteiger charge is -2.10. The second kappa shape index (κ2) is 6.71. The first-order chi connectivity index (χ1) is 7.77. The fourth-order valence-electron chi connectivity index (χ4n) is 1.18. The molecule has 0 bridgehead atoms. The van der Waals surface area contributed by atoms with Crippen LogP contribution in [-0.4, -0.2) is 25.8 Å². The van der Waals surface area contributed by atoms with Crippen molar-refractivity contribution >= 4 is 5.97 Å². The summed E-state index contributed by atoms with van der Waals surface area (Å²) >= 11 is 0. The highest BCUT2D eigenvalue weighted by Crippen LogP contribution is 2.26. The van der Waals surface area contributed by atoms with Gasteiger partial charge in [-0.15, -0.1) is 0 Å². The van der Waals surface area contributed by atoms with Crippen LogP contribution in [0.15, 0.2) is 24.3 Å². The number of benzene rings is 1. The molecule has 0 aliphatic heterocycles. The van der Waals surface area contributed by atoms with Crippen LogP contribution in [0.4, 0.5) is 0 Å². The standard InChI is InChI=1S/C12H16O4/c1-3-14-10-7-5-6-8-11(10)16-9-12(13)15-4-2/h5-8H,3-4,9H2,1-2H3. The van der Waals surface area contributed by atoms with Gasteiger partial charge in [0.2, 0.25) is 0 Å². The third kappa shape index (κ3) is 3.81. The van der Waals surface area contributed by atoms with Gasteiger partial charge in [0.25, 0.3) is 0 Å². The third-order valence-corrected chi connectivity index (χ3v) is 1.80. The number of hydrogen-bond donors (Lipinski definition) is 0. The molecule has 0 aromatic heterocycles. The van der Waals surface area contributed by atoms with Gasteiger partial charge in [0.05, 0.1) is 13.2 Å². The molecule has 88 valence electrons. The lowest BCUT2D eigenvalue weighted by atomic mass is 10.3. The largest absolute Gasteiger partial charge is 0.490 e. The fraction of sp³-hybridized carbons (Fsp3) is 0.417. The number of para-hydroxylation sites is 2. The van der Waals surface area contributed by atoms with Crippen LogP contribution in [0.5, 0.6) is 11.5 Å². The van der Waals surface area contributed by atoms with Crippen molar-refractivity contribution in [1.82, 2.24) is 0 Å². The van der Waals surface area contributed by atoms with Crippen LogP contribution < -0.4 is 9.47 Å². The van der Waals surface area contributed by atoms with Crippen molar-refractivity contribution in [1.29, 1.82) is 0 Å². The van der Waals surface area contributed by atoms with Gasteiger partial charge in [-0.25, -0.2) is 4.79 Å². The molecule has 1 aromatic carbocycles. The van der Waals surface area contributed by atoms with Gasteiger partial charge < -0.3 is 14.2 Å². The van der Waals surface area contributed by atoms with E-state index in [0.29, 0.717) is 24.7 Å². The zero-order valence-corrected chi connectivity index (χ0v) is 9.56. The Labute approximate surface area is 95.1 Å². The predicted molar refractivity (Wildman–Crippen MR) is 59.7 cm³/mol. The summed E-state index contributed by atoms with van der Waals surface area (Å²) in [4.78, 5) is 11.1. The highest BCUT2D eigenvalue weighted by molar-refractivity contribution is 5.71. The van der Waals surface area contributed by atoms with Crippen LogP contribution in [0.25, 0.3) is 0 Å². The summed E-state index contributed by atoms with van der Waals surface area (Å²) in [6.45, 7) is 4.46. The number of rotatable bonds is 6. The molecule has 4 nitrogen and oxygen atoms in total. The molecule has 0 atom stereocenters. The van der Waals surface area contributed by atoms with Gasteiger partial charge >= 0.3 is 5.97 Å². The summed E-state index contributed by atoms with van der Waals surface area (Å²) in [5.74, 6) is 0.806. The minimum Gasteiger partial charge on any atom is -0.490 e. The highest BCUT2D eigenvalue weighted by atomic mass is 16.6. The van der Waals surface area contributed by atoms with Gasteiger partial charge in [-0.05, 0) is 26.0 Å². The molecule has 0 amide bonds. The summed E-state index contributed by atoms with van der Waals surface area (Å²) < 4.78 is 15.4. The summed E-state index contributed by atoms with van der Waals surface area (Å²) in [5.41, 5.74) is 0. The Morgan fingerprint density at radius 2 is 1.69 bits per heavy atom. The van der Waals surface area contributed by atoms with E-state index in [0.717, 1.165) is 0 Å². The first-order valence-corrected chi connectivity index (χ1v) is 5.28. The smallest absolute Gasteiger partial charge is 0.344 e. The maximum atomic E-state index is 11.1. The summed E-state index contributed by atoms with van der Waals surface area (Å²) in [6, 6.07) is 7.22. The highest BCUT2D eigenvalue weighted by Gasteiger charge is 2.07. The Kier molecular flexibility index (Phi) is 5.19. The number of carbonyl (C=O) groups excluding carboxylic acids is 1. The second-order valence-electron chi connectivity index (χ2n) is 2.97. The summed E-state index contributed by atoms with van der Waals surface area (Å²) in [7, 11) is 0. The van der Waals surface area contributed by atoms with Gasteiger partial charge in [0.15, 0.2) is 18.1 Å². The Morgan fingerprint density at radius 1 is 1.06 bits per heavy atom. The monoisotopic (exact) mass is 224 g/mol. The molecule has 1 rings (SSSR count). The predicted octanol–water partition coefficient (Wildman–Crippen LogP) is 2.03. The molecular weight excluding hydrogens is 208 g/mol. The van der Waals surface area contributed by atoms with Gasteiger partial charge in [-0.2, -0.15) is 0 Å². The Hall–Kier alpha value is -1.71. The molecule has 0 saturated carbocycles. The SMILES string of the molecule is CCOC(=O)COc1ccccc1OCC. The Balaban J connectivity index is 2.55. The Morgan fingerprint density at radius 3 is 2.25 bits per heavy atom. The molecular formula is C12H16O4. The van der Waals surface area contributed by atoms with E-state index in [9.17, 15) is 4.79 Å². The van der Waals surface area contributed by atoms with E-state index in [4.69, 9.17) is 14.2 Å². The quantitative estimate of drug-likeness (QED) is 0.693. The van der Waals surface area contributed by atoms with Crippen molar-refractivity contribution in [2.45, 2.75) is 13.8 Å². The van der Waals surface area contributed by atoms with Crippen molar-refractivity contribution in [3.8, 4) is 11.5 Å². The van der Waals surface area contributed by atoms with Crippen molar-refractivity contribution in [3.63, 3.8) is 0 Å². The Bertz CT molecular complexity index is 336. The maximum absolute atomic E-state index is 11.1. The first kappa shape index (κ1) is 12.4. The number of carbonyl (C=O) groups is 1. The van der Waals surface area contributed by atoms with Gasteiger partial charge in [0.1, 0.15) is 0 Å². The molecule has 0 spiro atoms. The molecule has 0 radical (unpaired) electrons. The first-order valence-electron chi connectivity index (χ1n) is 5.28. The van der Waals surface area contributed by atoms with Crippen LogP contribution in [0, 0.1) is 0 Å². The van der Waals surface area contributed by atoms with E-state index in [1.165, 1.54) is 0 Å². The zero-order valence-electron chi connectivity index (χ0n) is 9.56. The van der Waals surface area contributed by atoms with Crippen molar-refractivity contribution in [2.24, 2.45) is 0 Å². The normalized spacial score (nSPS) is 9.62. The molecule has 0 unspecified atom stereocenters. The summed E-state index contributed by atoms with van der Waals surface area (Å²) in [5, 5.41) is 0. The van der Waals surface area contributed by atoms with Gasteiger partial charge in [0, 0.05) is 0 Å². The number of esters is 1. The zero-order chi connectivity index (χ0) is 11.8. The molecule has 0 heterocycles. The summed E-state index contributed by atoms with van der Waals surface area (Å²) in [6.07, 6.45) is 0. The lowest BCUT2D eigenvalue weighted by molar-refractivity contribution is -0.145. The molecule has 1 aromatic rings. The maximum Gasteiger partial charge on any atom is 0.344 e. The minimum atomic E-state index is -0.381. The van der Waals surface area contributed by atoms with Crippen molar-refractivity contribution < 1.29 is 19.0 Å². The molecule has 4 heteroatoms. The van der Waals surface area contributed by atoms with Crippen LogP contribution in [0.3, 0.4) is 0 Å². The van der Waals surface area contributed by atoms with Gasteiger partial charge in [-0.1, -0.05) is 12.1 Å². The van der Waals surface area contributed by atoms with E-state index in [2.05, 4.69) is 0 Å². The topological polar surface area (TPSA) is 44.8 Å². The van der Waals surface area contributed by atoms with Crippen molar-refractivity contribution in [2.75, 3.05) is 19.8 Å². The molecule has 0 aliphatic carbocycles. The molecule has 0 N–H and O–H groups in total. The van der Waals surface area contributed by atoms with Crippen LogP contribution in [-0.2, 0) is 9.53 Å². The third-order valence-electron chi connectivity index (χ3n) is 1.80. The van der Waals surface area contributed by atoms with Crippen molar-refractivity contribution in [3.05, 3.63) is 24.3 Å². The number of hydrogen-bond acceptors (Lipinski definition) is 4. The van der Waals surface area contributed by atoms with E-state index >= 15 is 0 Å². The van der Waals surface area contributed by atoms with E-state index < -0.39 is 0 Å². The molecule has 0 saturated heterocycles. The average molecular weight is 224 g/mol. The molecule has 16 heavy (non-hydrogen) atoms. The van der Waals surface area contributed by atoms with E-state index in [1.807, 2.05) is 19.1 Å². The molecule has 0 aliphatic rings. The van der Waals surface area contributed by atoms with Crippen LogP contribution in [0.2, 0.25) is 0 Å². The van der Waals surface area contributed by atoms with Crippen LogP contribution in [0.1, 0.15) is 13.8 Å².